The molecule has 2 heterocycles. The summed E-state index contributed by atoms with van der Waals surface area (Å²) in [6.45, 7) is 6.69. The number of hydrogen-bond donors (Lipinski definition) is 2. The molecule has 3 amide bonds. The summed E-state index contributed by atoms with van der Waals surface area (Å²) in [5, 5.41) is 5.94. The Labute approximate surface area is 213 Å². The van der Waals surface area contributed by atoms with Crippen LogP contribution < -0.4 is 15.5 Å². The molecule has 1 aromatic carbocycles. The first-order valence-electron chi connectivity index (χ1n) is 12.8. The first kappa shape index (κ1) is 25.6. The maximum absolute atomic E-state index is 14.0. The Morgan fingerprint density at radius 3 is 2.42 bits per heavy atom. The third kappa shape index (κ3) is 6.01. The fourth-order valence-corrected chi connectivity index (χ4v) is 4.90. The Hall–Kier alpha value is -3.48. The van der Waals surface area contributed by atoms with Gasteiger partial charge in [0.25, 0.3) is 5.91 Å². The normalized spacial score (nSPS) is 17.5. The Morgan fingerprint density at radius 2 is 1.81 bits per heavy atom. The van der Waals surface area contributed by atoms with E-state index < -0.39 is 6.04 Å². The molecule has 2 aromatic rings. The van der Waals surface area contributed by atoms with Gasteiger partial charge in [0.05, 0.1) is 6.42 Å². The van der Waals surface area contributed by atoms with E-state index in [0.29, 0.717) is 23.4 Å². The summed E-state index contributed by atoms with van der Waals surface area (Å²) in [6, 6.07) is 10.5. The minimum Gasteiger partial charge on any atom is -0.352 e. The number of pyridine rings is 1. The highest BCUT2D eigenvalue weighted by Crippen LogP contribution is 2.33. The van der Waals surface area contributed by atoms with Gasteiger partial charge in [0.15, 0.2) is 0 Å². The number of anilines is 1. The first-order valence-corrected chi connectivity index (χ1v) is 12.8. The molecule has 2 N–H and O–H groups in total. The van der Waals surface area contributed by atoms with E-state index in [4.69, 9.17) is 0 Å². The van der Waals surface area contributed by atoms with E-state index in [1.54, 1.807) is 24.5 Å². The van der Waals surface area contributed by atoms with E-state index >= 15 is 0 Å². The Morgan fingerprint density at radius 1 is 1.08 bits per heavy atom. The molecule has 0 radical (unpaired) electrons. The Bertz CT molecular complexity index is 1110. The number of hydrogen-bond acceptors (Lipinski definition) is 4. The number of rotatable bonds is 6. The highest BCUT2D eigenvalue weighted by atomic mass is 16.2. The molecule has 7 heteroatoms. The second-order valence-electron chi connectivity index (χ2n) is 10.7. The average Bonchev–Trinajstić information content (AvgIpc) is 2.87. The van der Waals surface area contributed by atoms with Gasteiger partial charge >= 0.3 is 0 Å². The second-order valence-corrected chi connectivity index (χ2v) is 10.7. The summed E-state index contributed by atoms with van der Waals surface area (Å²) < 4.78 is 0. The van der Waals surface area contributed by atoms with E-state index in [9.17, 15) is 14.4 Å². The molecule has 7 nitrogen and oxygen atoms in total. The lowest BCUT2D eigenvalue weighted by atomic mass is 9.87. The van der Waals surface area contributed by atoms with Gasteiger partial charge in [-0.15, -0.1) is 0 Å². The minimum atomic E-state index is -0.917. The van der Waals surface area contributed by atoms with Crippen LogP contribution in [0.5, 0.6) is 0 Å². The number of carbonyl (C=O) groups is 3. The van der Waals surface area contributed by atoms with E-state index in [2.05, 4.69) is 36.4 Å². The van der Waals surface area contributed by atoms with Gasteiger partial charge in [-0.2, -0.15) is 0 Å². The fourth-order valence-electron chi connectivity index (χ4n) is 4.90. The zero-order valence-corrected chi connectivity index (χ0v) is 21.4. The van der Waals surface area contributed by atoms with Crippen molar-refractivity contribution in [2.75, 3.05) is 11.4 Å². The predicted octanol–water partition coefficient (Wildman–Crippen LogP) is 4.35. The lowest BCUT2D eigenvalue weighted by Crippen LogP contribution is -2.48. The van der Waals surface area contributed by atoms with Crippen molar-refractivity contribution in [1.82, 2.24) is 15.6 Å². The molecule has 2 aliphatic rings. The van der Waals surface area contributed by atoms with Gasteiger partial charge in [0.2, 0.25) is 11.8 Å². The van der Waals surface area contributed by atoms with E-state index in [1.165, 1.54) is 11.3 Å². The number of nitrogens with zero attached hydrogens (tertiary/aromatic N) is 2. The van der Waals surface area contributed by atoms with Crippen molar-refractivity contribution in [3.63, 3.8) is 0 Å². The summed E-state index contributed by atoms with van der Waals surface area (Å²) in [4.78, 5) is 45.8. The van der Waals surface area contributed by atoms with Gasteiger partial charge < -0.3 is 10.6 Å². The van der Waals surface area contributed by atoms with Crippen LogP contribution in [0.25, 0.3) is 0 Å². The summed E-state index contributed by atoms with van der Waals surface area (Å²) in [7, 11) is 0. The average molecular weight is 489 g/mol. The van der Waals surface area contributed by atoms with Crippen LogP contribution in [0.3, 0.4) is 0 Å². The number of amides is 3. The van der Waals surface area contributed by atoms with Crippen molar-refractivity contribution in [3.8, 4) is 0 Å². The largest absolute Gasteiger partial charge is 0.352 e. The van der Waals surface area contributed by atoms with Crippen LogP contribution in [0.2, 0.25) is 0 Å². The van der Waals surface area contributed by atoms with Crippen LogP contribution in [0, 0.1) is 0 Å². The van der Waals surface area contributed by atoms with Crippen LogP contribution in [-0.4, -0.2) is 35.3 Å². The second kappa shape index (κ2) is 11.1. The standard InChI is InChI=1S/C29H36N4O3/c1-29(2,3)22-11-13-24(14-12-22)33(28(36)20-15-17-31-25(34)18-20)26(21-8-7-16-30-19-21)27(35)32-23-9-5-4-6-10-23/h7-8,11-16,19,23,26H,4-6,9-10,17-18H2,1-3H3,(H,31,34)(H,32,35)/t26-/m1/s1. The number of carbonyl (C=O) groups excluding carboxylic acids is 3. The molecule has 1 aliphatic heterocycles. The van der Waals surface area contributed by atoms with Crippen LogP contribution >= 0.6 is 0 Å². The van der Waals surface area contributed by atoms with E-state index in [0.717, 1.165) is 31.2 Å². The number of benzene rings is 1. The Balaban J connectivity index is 1.78. The number of nitrogens with one attached hydrogen (secondary N) is 2. The fraction of sp³-hybridized carbons (Fsp3) is 0.448. The molecule has 0 saturated heterocycles. The van der Waals surface area contributed by atoms with Crippen LogP contribution in [-0.2, 0) is 19.8 Å². The molecule has 190 valence electrons. The van der Waals surface area contributed by atoms with E-state index in [1.807, 2.05) is 30.3 Å². The van der Waals surface area contributed by atoms with Gasteiger partial charge in [-0.25, -0.2) is 0 Å². The predicted molar refractivity (Wildman–Crippen MR) is 140 cm³/mol. The van der Waals surface area contributed by atoms with Crippen LogP contribution in [0.1, 0.15) is 76.5 Å². The van der Waals surface area contributed by atoms with Crippen molar-refractivity contribution in [2.45, 2.75) is 76.8 Å². The molecule has 36 heavy (non-hydrogen) atoms. The number of aromatic nitrogens is 1. The van der Waals surface area contributed by atoms with Crippen molar-refractivity contribution < 1.29 is 14.4 Å². The summed E-state index contributed by atoms with van der Waals surface area (Å²) >= 11 is 0. The lowest BCUT2D eigenvalue weighted by Gasteiger charge is -2.34. The molecule has 1 aromatic heterocycles. The third-order valence-electron chi connectivity index (χ3n) is 6.96. The monoisotopic (exact) mass is 488 g/mol. The van der Waals surface area contributed by atoms with Crippen molar-refractivity contribution in [1.29, 1.82) is 0 Å². The molecule has 1 fully saturated rings. The SMILES string of the molecule is CC(C)(C)c1ccc(N(C(=O)C2=CCNC(=O)C2)[C@@H](C(=O)NC2CCCCC2)c2cccnc2)cc1. The molecule has 1 atom stereocenters. The maximum atomic E-state index is 14.0. The Kier molecular flexibility index (Phi) is 7.87. The van der Waals surface area contributed by atoms with Crippen LogP contribution in [0.15, 0.2) is 60.4 Å². The zero-order valence-electron chi connectivity index (χ0n) is 21.4. The highest BCUT2D eigenvalue weighted by molar-refractivity contribution is 6.12. The minimum absolute atomic E-state index is 0.0145. The summed E-state index contributed by atoms with van der Waals surface area (Å²) in [5.74, 6) is -0.779. The first-order chi connectivity index (χ1) is 17.2. The molecule has 0 unspecified atom stereocenters. The topological polar surface area (TPSA) is 91.4 Å². The third-order valence-corrected chi connectivity index (χ3v) is 6.96. The smallest absolute Gasteiger partial charge is 0.255 e. The highest BCUT2D eigenvalue weighted by Gasteiger charge is 2.36. The molecule has 0 spiro atoms. The van der Waals surface area contributed by atoms with E-state index in [-0.39, 0.29) is 35.6 Å². The van der Waals surface area contributed by atoms with Gasteiger partial charge in [-0.1, -0.05) is 64.3 Å². The van der Waals surface area contributed by atoms with Gasteiger partial charge in [0, 0.05) is 41.8 Å². The van der Waals surface area contributed by atoms with Gasteiger partial charge in [0.1, 0.15) is 6.04 Å². The van der Waals surface area contributed by atoms with Gasteiger partial charge in [-0.05, 0) is 42.0 Å². The molecule has 4 rings (SSSR count). The molecule has 1 aliphatic carbocycles. The molecular formula is C29H36N4O3. The zero-order chi connectivity index (χ0) is 25.7. The van der Waals surface area contributed by atoms with Gasteiger partial charge in [-0.3, -0.25) is 24.3 Å². The molecule has 1 saturated carbocycles. The quantitative estimate of drug-likeness (QED) is 0.633. The van der Waals surface area contributed by atoms with Crippen LogP contribution in [0.4, 0.5) is 5.69 Å². The van der Waals surface area contributed by atoms with Crippen molar-refractivity contribution in [2.24, 2.45) is 0 Å². The molecular weight excluding hydrogens is 452 g/mol. The summed E-state index contributed by atoms with van der Waals surface area (Å²) in [5.41, 5.74) is 2.68. The van der Waals surface area contributed by atoms with Crippen molar-refractivity contribution >= 4 is 23.4 Å². The maximum Gasteiger partial charge on any atom is 0.255 e. The van der Waals surface area contributed by atoms with Crippen molar-refractivity contribution in [3.05, 3.63) is 71.6 Å². The lowest BCUT2D eigenvalue weighted by molar-refractivity contribution is -0.126. The molecule has 0 bridgehead atoms. The summed E-state index contributed by atoms with van der Waals surface area (Å²) in [6.07, 6.45) is 10.2.